The monoisotopic (exact) mass is 541 g/mol. The number of unbranched alkanes of at least 4 members (excludes halogenated alkanes) is 1. The number of nitrogens with zero attached hydrogens (tertiary/aromatic N) is 1. The molecule has 2 aliphatic rings. The number of sulfonamides is 1. The second kappa shape index (κ2) is 13.9. The number of nitrogens with one attached hydrogen (secondary N) is 1. The second-order valence-electron chi connectivity index (χ2n) is 10.8. The van der Waals surface area contributed by atoms with E-state index in [9.17, 15) is 18.3 Å². The zero-order chi connectivity index (χ0) is 27.7. The van der Waals surface area contributed by atoms with Crippen LogP contribution in [0.25, 0.3) is 0 Å². The highest BCUT2D eigenvalue weighted by molar-refractivity contribution is 7.89. The average molecular weight is 542 g/mol. The SMILES string of the molecule is CC(C)CN([C@H](CO)CCCCNC(=O)[C@@H](C)CC1=CC2C=CC=CC2C=C1)S(=O)(=O)c1ccc(N)cc1. The fourth-order valence-electron chi connectivity index (χ4n) is 4.92. The smallest absolute Gasteiger partial charge is 0.243 e. The van der Waals surface area contributed by atoms with E-state index in [-0.39, 0.29) is 29.2 Å². The molecule has 2 aliphatic carbocycles. The number of allylic oxidation sites excluding steroid dienone is 8. The van der Waals surface area contributed by atoms with Gasteiger partial charge in [0, 0.05) is 42.6 Å². The number of carbonyl (C=O) groups is 1. The van der Waals surface area contributed by atoms with Crippen LogP contribution in [0.15, 0.2) is 77.3 Å². The fraction of sp³-hybridized carbons (Fsp3) is 0.500. The first-order valence-corrected chi connectivity index (χ1v) is 15.1. The topological polar surface area (TPSA) is 113 Å². The van der Waals surface area contributed by atoms with Crippen LogP contribution in [-0.4, -0.2) is 49.5 Å². The lowest BCUT2D eigenvalue weighted by atomic mass is 9.81. The third-order valence-corrected chi connectivity index (χ3v) is 9.00. The summed E-state index contributed by atoms with van der Waals surface area (Å²) in [5.74, 6) is 0.760. The molecule has 1 amide bonds. The van der Waals surface area contributed by atoms with Crippen LogP contribution in [0, 0.1) is 23.7 Å². The summed E-state index contributed by atoms with van der Waals surface area (Å²) in [6.07, 6.45) is 17.7. The lowest BCUT2D eigenvalue weighted by Crippen LogP contribution is -2.44. The molecule has 0 bridgehead atoms. The third kappa shape index (κ3) is 8.16. The van der Waals surface area contributed by atoms with Gasteiger partial charge < -0.3 is 16.2 Å². The first kappa shape index (κ1) is 29.9. The van der Waals surface area contributed by atoms with Crippen LogP contribution >= 0.6 is 0 Å². The number of anilines is 1. The van der Waals surface area contributed by atoms with Crippen LogP contribution in [0.5, 0.6) is 0 Å². The average Bonchev–Trinajstić information content (AvgIpc) is 2.89. The molecule has 0 aromatic heterocycles. The van der Waals surface area contributed by atoms with Crippen LogP contribution in [0.4, 0.5) is 5.69 Å². The summed E-state index contributed by atoms with van der Waals surface area (Å²) in [6.45, 7) is 6.42. The lowest BCUT2D eigenvalue weighted by molar-refractivity contribution is -0.124. The summed E-state index contributed by atoms with van der Waals surface area (Å²) in [6, 6.07) is 5.61. The predicted octanol–water partition coefficient (Wildman–Crippen LogP) is 4.44. The summed E-state index contributed by atoms with van der Waals surface area (Å²) >= 11 is 0. The molecule has 0 heterocycles. The quantitative estimate of drug-likeness (QED) is 0.238. The Kier molecular flexibility index (Phi) is 10.9. The summed E-state index contributed by atoms with van der Waals surface area (Å²) in [7, 11) is -3.78. The molecule has 8 heteroatoms. The molecule has 3 rings (SSSR count). The highest BCUT2D eigenvalue weighted by atomic mass is 32.2. The maximum atomic E-state index is 13.4. The van der Waals surface area contributed by atoms with Gasteiger partial charge in [0.25, 0.3) is 0 Å². The molecule has 38 heavy (non-hydrogen) atoms. The van der Waals surface area contributed by atoms with Crippen molar-refractivity contribution in [2.45, 2.75) is 57.4 Å². The van der Waals surface area contributed by atoms with Crippen molar-refractivity contribution in [3.63, 3.8) is 0 Å². The van der Waals surface area contributed by atoms with Crippen molar-refractivity contribution in [3.05, 3.63) is 72.4 Å². The number of benzene rings is 1. The number of hydrogen-bond donors (Lipinski definition) is 3. The van der Waals surface area contributed by atoms with Crippen molar-refractivity contribution >= 4 is 21.6 Å². The molecule has 1 aromatic rings. The molecule has 208 valence electrons. The Labute approximate surface area is 228 Å². The van der Waals surface area contributed by atoms with Gasteiger partial charge >= 0.3 is 0 Å². The summed E-state index contributed by atoms with van der Waals surface area (Å²) in [5, 5.41) is 13.1. The maximum Gasteiger partial charge on any atom is 0.243 e. The molecule has 0 aliphatic heterocycles. The van der Waals surface area contributed by atoms with Gasteiger partial charge in [-0.3, -0.25) is 4.79 Å². The van der Waals surface area contributed by atoms with Gasteiger partial charge in [-0.2, -0.15) is 4.31 Å². The third-order valence-electron chi connectivity index (χ3n) is 7.06. The number of aliphatic hydroxyl groups excluding tert-OH is 1. The summed E-state index contributed by atoms with van der Waals surface area (Å²) < 4.78 is 28.2. The van der Waals surface area contributed by atoms with Crippen LogP contribution in [0.2, 0.25) is 0 Å². The molecule has 0 fully saturated rings. The van der Waals surface area contributed by atoms with E-state index in [1.54, 1.807) is 12.1 Å². The molecule has 0 saturated heterocycles. The number of fused-ring (bicyclic) bond motifs is 1. The standard InChI is InChI=1S/C30H43N3O4S/c1-22(2)20-33(38(36,37)29-15-13-27(31)14-16-29)28(21-34)10-6-7-17-32-30(35)23(3)18-24-11-12-25-8-4-5-9-26(25)19-24/h4-5,8-9,11-16,19,22-23,25-26,28,34H,6-7,10,17-18,20-21,31H2,1-3H3,(H,32,35)/t23-,25?,26?,28-/m0/s1. The number of rotatable bonds is 14. The number of carbonyl (C=O) groups excluding carboxylic acids is 1. The molecule has 0 radical (unpaired) electrons. The largest absolute Gasteiger partial charge is 0.399 e. The van der Waals surface area contributed by atoms with Crippen LogP contribution in [0.3, 0.4) is 0 Å². The molecule has 0 saturated carbocycles. The van der Waals surface area contributed by atoms with Gasteiger partial charge in [-0.05, 0) is 49.4 Å². The van der Waals surface area contributed by atoms with Gasteiger partial charge in [-0.25, -0.2) is 8.42 Å². The van der Waals surface area contributed by atoms with Gasteiger partial charge in [0.05, 0.1) is 11.5 Å². The Morgan fingerprint density at radius 1 is 1.05 bits per heavy atom. The minimum absolute atomic E-state index is 0.0200. The first-order chi connectivity index (χ1) is 18.1. The highest BCUT2D eigenvalue weighted by Gasteiger charge is 2.31. The van der Waals surface area contributed by atoms with Gasteiger partial charge in [-0.1, -0.05) is 75.3 Å². The zero-order valence-electron chi connectivity index (χ0n) is 22.8. The Bertz CT molecular complexity index is 1150. The molecular weight excluding hydrogens is 498 g/mol. The molecule has 4 atom stereocenters. The molecule has 2 unspecified atom stereocenters. The molecule has 4 N–H and O–H groups in total. The fourth-order valence-corrected chi connectivity index (χ4v) is 6.73. The van der Waals surface area contributed by atoms with Gasteiger partial charge in [0.15, 0.2) is 0 Å². The Hall–Kier alpha value is -2.68. The second-order valence-corrected chi connectivity index (χ2v) is 12.7. The Morgan fingerprint density at radius 3 is 2.39 bits per heavy atom. The number of amides is 1. The number of nitrogen functional groups attached to an aromatic ring is 1. The van der Waals surface area contributed by atoms with E-state index in [1.807, 2.05) is 20.8 Å². The van der Waals surface area contributed by atoms with Gasteiger partial charge in [0.2, 0.25) is 15.9 Å². The van der Waals surface area contributed by atoms with E-state index in [2.05, 4.69) is 47.8 Å². The van der Waals surface area contributed by atoms with E-state index in [1.165, 1.54) is 22.0 Å². The van der Waals surface area contributed by atoms with E-state index in [4.69, 9.17) is 5.73 Å². The van der Waals surface area contributed by atoms with Crippen LogP contribution in [-0.2, 0) is 14.8 Å². The van der Waals surface area contributed by atoms with Crippen LogP contribution < -0.4 is 11.1 Å². The molecular formula is C30H43N3O4S. The highest BCUT2D eigenvalue weighted by Crippen LogP contribution is 2.30. The first-order valence-electron chi connectivity index (χ1n) is 13.6. The predicted molar refractivity (Wildman–Crippen MR) is 154 cm³/mol. The van der Waals surface area contributed by atoms with Crippen molar-refractivity contribution in [2.24, 2.45) is 23.7 Å². The van der Waals surface area contributed by atoms with Gasteiger partial charge in [0.1, 0.15) is 0 Å². The maximum absolute atomic E-state index is 13.4. The molecule has 0 spiro atoms. The zero-order valence-corrected chi connectivity index (χ0v) is 23.6. The van der Waals surface area contributed by atoms with E-state index in [0.29, 0.717) is 56.3 Å². The van der Waals surface area contributed by atoms with Crippen molar-refractivity contribution < 1.29 is 18.3 Å². The molecule has 1 aromatic carbocycles. The van der Waals surface area contributed by atoms with Crippen molar-refractivity contribution in [3.8, 4) is 0 Å². The Morgan fingerprint density at radius 2 is 1.74 bits per heavy atom. The Balaban J connectivity index is 1.48. The van der Waals surface area contributed by atoms with Crippen molar-refractivity contribution in [2.75, 3.05) is 25.4 Å². The number of nitrogens with two attached hydrogens (primary N) is 1. The van der Waals surface area contributed by atoms with Gasteiger partial charge in [-0.15, -0.1) is 0 Å². The minimum Gasteiger partial charge on any atom is -0.399 e. The summed E-state index contributed by atoms with van der Waals surface area (Å²) in [5.41, 5.74) is 7.41. The number of aliphatic hydroxyl groups is 1. The van der Waals surface area contributed by atoms with Crippen molar-refractivity contribution in [1.29, 1.82) is 0 Å². The van der Waals surface area contributed by atoms with Crippen LogP contribution in [0.1, 0.15) is 46.5 Å². The normalized spacial score (nSPS) is 20.3. The lowest BCUT2D eigenvalue weighted by Gasteiger charge is -2.31. The van der Waals surface area contributed by atoms with E-state index < -0.39 is 16.1 Å². The van der Waals surface area contributed by atoms with E-state index in [0.717, 1.165) is 0 Å². The van der Waals surface area contributed by atoms with Crippen molar-refractivity contribution in [1.82, 2.24) is 9.62 Å². The molecule has 7 nitrogen and oxygen atoms in total. The summed E-state index contributed by atoms with van der Waals surface area (Å²) in [4.78, 5) is 12.8. The number of hydrogen-bond acceptors (Lipinski definition) is 5. The van der Waals surface area contributed by atoms with E-state index >= 15 is 0 Å². The minimum atomic E-state index is -3.78.